The van der Waals surface area contributed by atoms with Crippen molar-refractivity contribution in [2.45, 2.75) is 44.9 Å². The Balaban J connectivity index is 1.66. The Morgan fingerprint density at radius 3 is 2.68 bits per heavy atom. The highest BCUT2D eigenvalue weighted by Gasteiger charge is 2.51. The first kappa shape index (κ1) is 15.0. The Hall–Kier alpha value is -1.90. The first-order valence-corrected chi connectivity index (χ1v) is 8.19. The Morgan fingerprint density at radius 1 is 1.27 bits per heavy atom. The normalized spacial score (nSPS) is 24.7. The molecule has 0 amide bonds. The van der Waals surface area contributed by atoms with E-state index in [1.807, 2.05) is 24.3 Å². The summed E-state index contributed by atoms with van der Waals surface area (Å²) in [4.78, 5) is 17.1. The second kappa shape index (κ2) is 6.47. The Morgan fingerprint density at radius 2 is 2.00 bits per heavy atom. The van der Waals surface area contributed by atoms with Crippen LogP contribution in [0.5, 0.6) is 0 Å². The maximum Gasteiger partial charge on any atom is 0.365 e. The van der Waals surface area contributed by atoms with Crippen LogP contribution in [0.15, 0.2) is 48.1 Å². The highest BCUT2D eigenvalue weighted by molar-refractivity contribution is 5.95. The number of hydrogen-bond acceptors (Lipinski definition) is 3. The SMILES string of the molecule is C=CCC1/C(=N\OC(=O)c2ccccc2)CC12CCCCC2. The zero-order valence-electron chi connectivity index (χ0n) is 13.0. The van der Waals surface area contributed by atoms with Crippen molar-refractivity contribution >= 4 is 11.7 Å². The second-order valence-electron chi connectivity index (χ2n) is 6.50. The fourth-order valence-corrected chi connectivity index (χ4v) is 3.99. The van der Waals surface area contributed by atoms with E-state index in [0.29, 0.717) is 16.9 Å². The van der Waals surface area contributed by atoms with E-state index in [4.69, 9.17) is 4.84 Å². The molecule has 0 saturated heterocycles. The molecule has 3 nitrogen and oxygen atoms in total. The molecule has 1 aromatic carbocycles. The number of carbonyl (C=O) groups is 1. The molecule has 0 aromatic heterocycles. The zero-order chi connectivity index (χ0) is 15.4. The molecule has 0 aliphatic heterocycles. The van der Waals surface area contributed by atoms with E-state index in [9.17, 15) is 4.79 Å². The quantitative estimate of drug-likeness (QED) is 0.457. The van der Waals surface area contributed by atoms with Gasteiger partial charge >= 0.3 is 5.97 Å². The summed E-state index contributed by atoms with van der Waals surface area (Å²) in [5.41, 5.74) is 1.97. The van der Waals surface area contributed by atoms with Crippen molar-refractivity contribution in [3.8, 4) is 0 Å². The Labute approximate surface area is 132 Å². The van der Waals surface area contributed by atoms with E-state index in [1.54, 1.807) is 12.1 Å². The van der Waals surface area contributed by atoms with Crippen LogP contribution >= 0.6 is 0 Å². The molecule has 1 unspecified atom stereocenters. The molecule has 0 heterocycles. The second-order valence-corrected chi connectivity index (χ2v) is 6.50. The number of benzene rings is 1. The summed E-state index contributed by atoms with van der Waals surface area (Å²) in [7, 11) is 0. The summed E-state index contributed by atoms with van der Waals surface area (Å²) >= 11 is 0. The van der Waals surface area contributed by atoms with Gasteiger partial charge in [0, 0.05) is 5.92 Å². The molecule has 116 valence electrons. The van der Waals surface area contributed by atoms with E-state index >= 15 is 0 Å². The van der Waals surface area contributed by atoms with Crippen LogP contribution in [-0.4, -0.2) is 11.7 Å². The third-order valence-corrected chi connectivity index (χ3v) is 5.18. The minimum Gasteiger partial charge on any atom is -0.313 e. The van der Waals surface area contributed by atoms with Gasteiger partial charge in [0.05, 0.1) is 11.3 Å². The van der Waals surface area contributed by atoms with Crippen LogP contribution in [0.1, 0.15) is 55.3 Å². The van der Waals surface area contributed by atoms with Crippen LogP contribution in [0.4, 0.5) is 0 Å². The number of carbonyl (C=O) groups excluding carboxylic acids is 1. The Bertz CT molecular complexity index is 570. The smallest absolute Gasteiger partial charge is 0.313 e. The van der Waals surface area contributed by atoms with Gasteiger partial charge in [-0.2, -0.15) is 0 Å². The molecular formula is C19H23NO2. The fourth-order valence-electron chi connectivity index (χ4n) is 3.99. The number of rotatable bonds is 4. The van der Waals surface area contributed by atoms with Crippen LogP contribution in [-0.2, 0) is 4.84 Å². The average Bonchev–Trinajstić information content (AvgIpc) is 2.58. The molecule has 22 heavy (non-hydrogen) atoms. The van der Waals surface area contributed by atoms with E-state index in [2.05, 4.69) is 11.7 Å². The van der Waals surface area contributed by atoms with Gasteiger partial charge in [-0.25, -0.2) is 4.79 Å². The lowest BCUT2D eigenvalue weighted by Crippen LogP contribution is -2.49. The van der Waals surface area contributed by atoms with Crippen molar-refractivity contribution < 1.29 is 9.63 Å². The van der Waals surface area contributed by atoms with Crippen LogP contribution in [0, 0.1) is 11.3 Å². The summed E-state index contributed by atoms with van der Waals surface area (Å²) in [5, 5.41) is 4.17. The van der Waals surface area contributed by atoms with Crippen LogP contribution in [0.3, 0.4) is 0 Å². The third-order valence-electron chi connectivity index (χ3n) is 5.18. The van der Waals surface area contributed by atoms with Crippen LogP contribution < -0.4 is 0 Å². The summed E-state index contributed by atoms with van der Waals surface area (Å²) in [6.45, 7) is 3.88. The first-order valence-electron chi connectivity index (χ1n) is 8.19. The van der Waals surface area contributed by atoms with Crippen molar-refractivity contribution in [3.63, 3.8) is 0 Å². The fraction of sp³-hybridized carbons (Fsp3) is 0.474. The molecule has 0 radical (unpaired) electrons. The first-order chi connectivity index (χ1) is 10.7. The van der Waals surface area contributed by atoms with E-state index < -0.39 is 0 Å². The van der Waals surface area contributed by atoms with Crippen molar-refractivity contribution in [2.75, 3.05) is 0 Å². The molecule has 0 bridgehead atoms. The molecule has 2 saturated carbocycles. The minimum atomic E-state index is -0.380. The van der Waals surface area contributed by atoms with Gasteiger partial charge in [-0.3, -0.25) is 0 Å². The lowest BCUT2D eigenvalue weighted by atomic mass is 9.52. The maximum atomic E-state index is 12.0. The Kier molecular flexibility index (Phi) is 4.41. The molecule has 3 rings (SSSR count). The molecular weight excluding hydrogens is 274 g/mol. The monoisotopic (exact) mass is 297 g/mol. The molecule has 2 aliphatic carbocycles. The van der Waals surface area contributed by atoms with Crippen LogP contribution in [0.2, 0.25) is 0 Å². The number of hydrogen-bond donors (Lipinski definition) is 0. The van der Waals surface area contributed by atoms with Gasteiger partial charge < -0.3 is 4.84 Å². The van der Waals surface area contributed by atoms with Crippen molar-refractivity contribution in [1.82, 2.24) is 0 Å². The van der Waals surface area contributed by atoms with Crippen molar-refractivity contribution in [1.29, 1.82) is 0 Å². The lowest BCUT2D eigenvalue weighted by molar-refractivity contribution is 0.0467. The summed E-state index contributed by atoms with van der Waals surface area (Å²) < 4.78 is 0. The van der Waals surface area contributed by atoms with Gasteiger partial charge in [-0.15, -0.1) is 6.58 Å². The minimum absolute atomic E-state index is 0.380. The number of nitrogens with zero attached hydrogens (tertiary/aromatic N) is 1. The highest BCUT2D eigenvalue weighted by atomic mass is 16.7. The van der Waals surface area contributed by atoms with E-state index in [-0.39, 0.29) is 5.97 Å². The topological polar surface area (TPSA) is 38.7 Å². The van der Waals surface area contributed by atoms with Gasteiger partial charge in [-0.1, -0.05) is 48.7 Å². The molecule has 2 aliphatic rings. The number of allylic oxidation sites excluding steroid dienone is 1. The molecule has 1 spiro atoms. The van der Waals surface area contributed by atoms with Crippen molar-refractivity contribution in [2.24, 2.45) is 16.5 Å². The van der Waals surface area contributed by atoms with Crippen LogP contribution in [0.25, 0.3) is 0 Å². The van der Waals surface area contributed by atoms with E-state index in [1.165, 1.54) is 32.1 Å². The molecule has 0 N–H and O–H groups in total. The molecule has 2 fully saturated rings. The summed E-state index contributed by atoms with van der Waals surface area (Å²) in [6, 6.07) is 9.01. The predicted molar refractivity (Wildman–Crippen MR) is 87.7 cm³/mol. The van der Waals surface area contributed by atoms with Gasteiger partial charge in [0.1, 0.15) is 0 Å². The number of oxime groups is 1. The molecule has 3 heteroatoms. The lowest BCUT2D eigenvalue weighted by Gasteiger charge is -2.52. The van der Waals surface area contributed by atoms with Gasteiger partial charge in [0.15, 0.2) is 0 Å². The van der Waals surface area contributed by atoms with Gasteiger partial charge in [0.2, 0.25) is 0 Å². The standard InChI is InChI=1S/C19H23NO2/c1-2-9-16-17(14-19(16)12-7-4-8-13-19)20-22-18(21)15-10-5-3-6-11-15/h2-3,5-6,10-11,16H,1,4,7-9,12-14H2/b20-17-. The summed E-state index contributed by atoms with van der Waals surface area (Å²) in [6.07, 6.45) is 10.4. The third kappa shape index (κ3) is 2.85. The van der Waals surface area contributed by atoms with E-state index in [0.717, 1.165) is 18.6 Å². The summed E-state index contributed by atoms with van der Waals surface area (Å²) in [5.74, 6) is 0.0314. The maximum absolute atomic E-state index is 12.0. The zero-order valence-corrected chi connectivity index (χ0v) is 13.0. The van der Waals surface area contributed by atoms with Gasteiger partial charge in [0.25, 0.3) is 0 Å². The van der Waals surface area contributed by atoms with Gasteiger partial charge in [-0.05, 0) is 43.2 Å². The highest BCUT2D eigenvalue weighted by Crippen LogP contribution is 2.55. The molecule has 1 atom stereocenters. The average molecular weight is 297 g/mol. The predicted octanol–water partition coefficient (Wildman–Crippen LogP) is 4.75. The molecule has 1 aromatic rings. The van der Waals surface area contributed by atoms with Crippen molar-refractivity contribution in [3.05, 3.63) is 48.6 Å². The largest absolute Gasteiger partial charge is 0.365 e.